The van der Waals surface area contributed by atoms with Gasteiger partial charge < -0.3 is 15.6 Å². The van der Waals surface area contributed by atoms with Crippen LogP contribution in [0.15, 0.2) is 55.2 Å². The average Bonchev–Trinajstić information content (AvgIpc) is 3.34. The van der Waals surface area contributed by atoms with Gasteiger partial charge in [-0.3, -0.25) is 4.79 Å². The predicted molar refractivity (Wildman–Crippen MR) is 132 cm³/mol. The molecule has 1 aromatic heterocycles. The van der Waals surface area contributed by atoms with Crippen molar-refractivity contribution in [1.29, 1.82) is 0 Å². The molecule has 5 heteroatoms. The van der Waals surface area contributed by atoms with Crippen molar-refractivity contribution >= 4 is 23.2 Å². The first-order chi connectivity index (χ1) is 16.2. The van der Waals surface area contributed by atoms with E-state index in [-0.39, 0.29) is 11.7 Å². The second-order valence-electron chi connectivity index (χ2n) is 8.66. The van der Waals surface area contributed by atoms with Crippen LogP contribution in [0.25, 0.3) is 22.8 Å². The fraction of sp³-hybridized carbons (Fsp3) is 0.250. The van der Waals surface area contributed by atoms with Gasteiger partial charge in [-0.15, -0.1) is 0 Å². The number of hydrogen-bond acceptors (Lipinski definition) is 2. The van der Waals surface area contributed by atoms with E-state index < -0.39 is 0 Å². The maximum Gasteiger partial charge on any atom is 0.256 e. The normalized spacial score (nSPS) is 15.8. The summed E-state index contributed by atoms with van der Waals surface area (Å²) in [4.78, 5) is 16.7. The fourth-order valence-corrected chi connectivity index (χ4v) is 5.09. The van der Waals surface area contributed by atoms with Gasteiger partial charge in [0.05, 0.1) is 5.57 Å². The second kappa shape index (κ2) is 9.10. The van der Waals surface area contributed by atoms with Gasteiger partial charge in [-0.25, -0.2) is 4.39 Å². The van der Waals surface area contributed by atoms with Gasteiger partial charge in [0.2, 0.25) is 0 Å². The number of carbonyl (C=O) groups is 1. The first-order valence-corrected chi connectivity index (χ1v) is 11.7. The van der Waals surface area contributed by atoms with E-state index in [0.717, 1.165) is 54.7 Å². The molecule has 168 valence electrons. The molecule has 0 unspecified atom stereocenters. The number of fused-ring (bicyclic) bond motifs is 2. The quantitative estimate of drug-likeness (QED) is 0.318. The molecule has 1 aliphatic heterocycles. The Morgan fingerprint density at radius 1 is 1.06 bits per heavy atom. The smallest absolute Gasteiger partial charge is 0.256 e. The van der Waals surface area contributed by atoms with E-state index in [9.17, 15) is 9.18 Å². The maximum absolute atomic E-state index is 14.7. The van der Waals surface area contributed by atoms with Gasteiger partial charge in [-0.1, -0.05) is 36.9 Å². The Morgan fingerprint density at radius 2 is 1.88 bits per heavy atom. The Labute approximate surface area is 193 Å². The molecule has 0 saturated carbocycles. The molecule has 1 amide bonds. The lowest BCUT2D eigenvalue weighted by atomic mass is 9.91. The molecule has 2 aliphatic rings. The zero-order valence-electron chi connectivity index (χ0n) is 18.6. The minimum absolute atomic E-state index is 0.152. The maximum atomic E-state index is 14.7. The number of aromatic amines is 1. The lowest BCUT2D eigenvalue weighted by molar-refractivity contribution is -0.110. The average molecular weight is 442 g/mol. The third kappa shape index (κ3) is 3.99. The number of amides is 1. The summed E-state index contributed by atoms with van der Waals surface area (Å²) in [5.41, 5.74) is 8.29. The van der Waals surface area contributed by atoms with Crippen molar-refractivity contribution in [2.75, 3.05) is 11.9 Å². The van der Waals surface area contributed by atoms with Crippen molar-refractivity contribution in [3.05, 3.63) is 89.1 Å². The molecule has 1 aliphatic carbocycles. The van der Waals surface area contributed by atoms with Gasteiger partial charge in [-0.2, -0.15) is 0 Å². The lowest BCUT2D eigenvalue weighted by Gasteiger charge is -2.13. The molecule has 2 heterocycles. The summed E-state index contributed by atoms with van der Waals surface area (Å²) >= 11 is 0. The molecule has 0 spiro atoms. The summed E-state index contributed by atoms with van der Waals surface area (Å²) in [6, 6.07) is 12.3. The van der Waals surface area contributed by atoms with Crippen molar-refractivity contribution in [3.8, 4) is 11.1 Å². The molecular formula is C28H28FN3O. The molecule has 2 aromatic carbocycles. The topological polar surface area (TPSA) is 56.9 Å². The second-order valence-corrected chi connectivity index (χ2v) is 8.66. The number of carbonyl (C=O) groups excluding carboxylic acids is 1. The number of hydrogen-bond donors (Lipinski definition) is 3. The van der Waals surface area contributed by atoms with E-state index in [1.165, 1.54) is 35.7 Å². The molecule has 3 N–H and O–H groups in total. The highest BCUT2D eigenvalue weighted by molar-refractivity contribution is 6.36. The first-order valence-electron chi connectivity index (χ1n) is 11.7. The lowest BCUT2D eigenvalue weighted by Crippen LogP contribution is -2.09. The number of aromatic nitrogens is 1. The molecule has 0 atom stereocenters. The van der Waals surface area contributed by atoms with Crippen LogP contribution in [0, 0.1) is 5.82 Å². The molecule has 3 aromatic rings. The third-order valence-corrected chi connectivity index (χ3v) is 6.61. The SMILES string of the molecule is C=CNCCCc1c(/C=C2\C(=O)Nc3cccc(-c4ccccc4F)c32)[nH]c2c1CCCC2. The Hall–Kier alpha value is -3.60. The van der Waals surface area contributed by atoms with E-state index in [2.05, 4.69) is 22.2 Å². The van der Waals surface area contributed by atoms with E-state index in [4.69, 9.17) is 0 Å². The molecule has 0 bridgehead atoms. The molecule has 4 nitrogen and oxygen atoms in total. The Balaban J connectivity index is 1.61. The van der Waals surface area contributed by atoms with Crippen LogP contribution in [-0.2, 0) is 24.1 Å². The van der Waals surface area contributed by atoms with E-state index in [1.54, 1.807) is 18.3 Å². The zero-order chi connectivity index (χ0) is 22.8. The van der Waals surface area contributed by atoms with Crippen LogP contribution in [-0.4, -0.2) is 17.4 Å². The summed E-state index contributed by atoms with van der Waals surface area (Å²) < 4.78 is 14.7. The van der Waals surface area contributed by atoms with Gasteiger partial charge in [0.15, 0.2) is 0 Å². The highest BCUT2D eigenvalue weighted by Crippen LogP contribution is 2.41. The van der Waals surface area contributed by atoms with Crippen LogP contribution in [0.2, 0.25) is 0 Å². The van der Waals surface area contributed by atoms with Crippen molar-refractivity contribution in [2.45, 2.75) is 38.5 Å². The van der Waals surface area contributed by atoms with Crippen LogP contribution in [0.4, 0.5) is 10.1 Å². The number of halogens is 1. The highest BCUT2D eigenvalue weighted by Gasteiger charge is 2.29. The first kappa shape index (κ1) is 21.3. The number of rotatable bonds is 7. The Kier molecular flexibility index (Phi) is 5.86. The summed E-state index contributed by atoms with van der Waals surface area (Å²) in [6.07, 6.45) is 10.1. The van der Waals surface area contributed by atoms with Crippen molar-refractivity contribution in [3.63, 3.8) is 0 Å². The molecule has 33 heavy (non-hydrogen) atoms. The van der Waals surface area contributed by atoms with Gasteiger partial charge in [0.25, 0.3) is 5.91 Å². The summed E-state index contributed by atoms with van der Waals surface area (Å²) in [7, 11) is 0. The van der Waals surface area contributed by atoms with Gasteiger partial charge in [-0.05, 0) is 79.6 Å². The minimum atomic E-state index is -0.296. The van der Waals surface area contributed by atoms with Crippen LogP contribution < -0.4 is 10.6 Å². The largest absolute Gasteiger partial charge is 0.391 e. The number of benzene rings is 2. The third-order valence-electron chi connectivity index (χ3n) is 6.61. The van der Waals surface area contributed by atoms with Crippen LogP contribution in [0.1, 0.15) is 47.3 Å². The predicted octanol–water partition coefficient (Wildman–Crippen LogP) is 5.86. The Bertz CT molecular complexity index is 1250. The monoisotopic (exact) mass is 441 g/mol. The molecular weight excluding hydrogens is 413 g/mol. The minimum Gasteiger partial charge on any atom is -0.391 e. The highest BCUT2D eigenvalue weighted by atomic mass is 19.1. The summed E-state index contributed by atoms with van der Waals surface area (Å²) in [5.74, 6) is -0.448. The van der Waals surface area contributed by atoms with Gasteiger partial charge in [0.1, 0.15) is 5.82 Å². The van der Waals surface area contributed by atoms with Crippen molar-refractivity contribution in [1.82, 2.24) is 10.3 Å². The molecule has 5 rings (SSSR count). The Morgan fingerprint density at radius 3 is 2.73 bits per heavy atom. The summed E-state index contributed by atoms with van der Waals surface area (Å²) in [5, 5.41) is 6.15. The van der Waals surface area contributed by atoms with Crippen LogP contribution in [0.5, 0.6) is 0 Å². The van der Waals surface area contributed by atoms with Gasteiger partial charge in [0, 0.05) is 34.7 Å². The number of nitrogens with one attached hydrogen (secondary N) is 3. The van der Waals surface area contributed by atoms with Gasteiger partial charge >= 0.3 is 0 Å². The summed E-state index contributed by atoms with van der Waals surface area (Å²) in [6.45, 7) is 4.58. The van der Waals surface area contributed by atoms with Crippen LogP contribution >= 0.6 is 0 Å². The van der Waals surface area contributed by atoms with Crippen LogP contribution in [0.3, 0.4) is 0 Å². The number of anilines is 1. The van der Waals surface area contributed by atoms with Crippen molar-refractivity contribution in [2.24, 2.45) is 0 Å². The molecule has 0 saturated heterocycles. The van der Waals surface area contributed by atoms with Crippen molar-refractivity contribution < 1.29 is 9.18 Å². The molecule has 0 radical (unpaired) electrons. The fourth-order valence-electron chi connectivity index (χ4n) is 5.09. The van der Waals surface area contributed by atoms with E-state index in [1.807, 2.05) is 30.3 Å². The zero-order valence-corrected chi connectivity index (χ0v) is 18.6. The number of H-pyrrole nitrogens is 1. The van der Waals surface area contributed by atoms with E-state index in [0.29, 0.717) is 11.1 Å². The standard InChI is InChI=1S/C28H28FN3O/c1-2-30-16-8-12-20-19-10-4-6-14-24(19)31-26(20)17-22-27-21(18-9-3-5-13-23(18)29)11-7-15-25(27)32-28(22)33/h2-3,5,7,9,11,13,15,17,30-31H,1,4,6,8,10,12,14,16H2,(H,32,33)/b22-17-. The molecule has 0 fully saturated rings. The van der Waals surface area contributed by atoms with E-state index >= 15 is 0 Å². The number of aryl methyl sites for hydroxylation is 1.